The summed E-state index contributed by atoms with van der Waals surface area (Å²) in [4.78, 5) is 38.2. The number of rotatable bonds is 57. The Morgan fingerprint density at radius 2 is 0.456 bits per heavy atom. The number of hydrogen-bond donors (Lipinski definition) is 0. The third-order valence-corrected chi connectivity index (χ3v) is 13.3. The fraction of sp³-hybridized carbons (Fsp3) is 0.630. The molecule has 0 bridgehead atoms. The van der Waals surface area contributed by atoms with E-state index in [1.165, 1.54) is 89.9 Å². The Kier molecular flexibility index (Phi) is 61.9. The lowest BCUT2D eigenvalue weighted by Crippen LogP contribution is -2.30. The Labute approximate surface area is 487 Å². The topological polar surface area (TPSA) is 78.9 Å². The van der Waals surface area contributed by atoms with Crippen molar-refractivity contribution < 1.29 is 28.6 Å². The van der Waals surface area contributed by atoms with E-state index in [1.807, 2.05) is 0 Å². The summed E-state index contributed by atoms with van der Waals surface area (Å²) in [7, 11) is 0. The molecule has 0 spiro atoms. The lowest BCUT2D eigenvalue weighted by molar-refractivity contribution is -0.167. The highest BCUT2D eigenvalue weighted by atomic mass is 16.6. The molecule has 0 aliphatic carbocycles. The van der Waals surface area contributed by atoms with Crippen molar-refractivity contribution in [3.63, 3.8) is 0 Å². The monoisotopic (exact) mass is 1090 g/mol. The van der Waals surface area contributed by atoms with E-state index in [1.54, 1.807) is 0 Å². The summed E-state index contributed by atoms with van der Waals surface area (Å²) in [5.74, 6) is -0.963. The van der Waals surface area contributed by atoms with E-state index >= 15 is 0 Å². The van der Waals surface area contributed by atoms with Crippen LogP contribution in [0.3, 0.4) is 0 Å². The minimum absolute atomic E-state index is 0.102. The normalized spacial score (nSPS) is 13.1. The van der Waals surface area contributed by atoms with Gasteiger partial charge in [0.2, 0.25) is 0 Å². The number of allylic oxidation sites excluding steroid dienone is 24. The maximum Gasteiger partial charge on any atom is 0.306 e. The van der Waals surface area contributed by atoms with Crippen LogP contribution in [0.5, 0.6) is 0 Å². The van der Waals surface area contributed by atoms with Gasteiger partial charge in [0.15, 0.2) is 6.10 Å². The molecule has 6 nitrogen and oxygen atoms in total. The largest absolute Gasteiger partial charge is 0.462 e. The van der Waals surface area contributed by atoms with E-state index in [0.29, 0.717) is 12.8 Å². The zero-order valence-corrected chi connectivity index (χ0v) is 51.1. The van der Waals surface area contributed by atoms with E-state index in [2.05, 4.69) is 167 Å². The van der Waals surface area contributed by atoms with Crippen molar-refractivity contribution in [1.29, 1.82) is 0 Å². The fourth-order valence-corrected chi connectivity index (χ4v) is 8.59. The summed E-state index contributed by atoms with van der Waals surface area (Å²) >= 11 is 0. The minimum Gasteiger partial charge on any atom is -0.462 e. The van der Waals surface area contributed by atoms with Crippen LogP contribution < -0.4 is 0 Å². The molecule has 6 heteroatoms. The number of carbonyl (C=O) groups is 3. The molecular weight excluding hydrogens is 973 g/mol. The Morgan fingerprint density at radius 1 is 0.253 bits per heavy atom. The van der Waals surface area contributed by atoms with Gasteiger partial charge in [-0.15, -0.1) is 0 Å². The molecule has 0 aliphatic rings. The number of unbranched alkanes of at least 4 members (excludes halogenated alkanes) is 22. The maximum atomic E-state index is 12.8. The van der Waals surface area contributed by atoms with Gasteiger partial charge >= 0.3 is 17.9 Å². The molecular formula is C73H118O6. The second kappa shape index (κ2) is 65.8. The molecule has 446 valence electrons. The molecule has 0 N–H and O–H groups in total. The van der Waals surface area contributed by atoms with Crippen LogP contribution in [0.25, 0.3) is 0 Å². The van der Waals surface area contributed by atoms with Crippen molar-refractivity contribution >= 4 is 17.9 Å². The van der Waals surface area contributed by atoms with Gasteiger partial charge in [-0.25, -0.2) is 0 Å². The highest BCUT2D eigenvalue weighted by Crippen LogP contribution is 2.16. The molecule has 0 saturated heterocycles. The van der Waals surface area contributed by atoms with Crippen molar-refractivity contribution in [3.05, 3.63) is 146 Å². The standard InChI is InChI=1S/C73H118O6/c1-4-7-10-13-16-19-22-25-26-27-28-29-30-31-32-33-34-35-36-37-38-39-40-41-42-43-44-45-46-49-51-54-57-60-63-66-72(75)78-69-70(79-73(76)67-64-61-58-55-52-48-24-21-18-15-12-9-6-3)68-77-71(74)65-62-59-56-53-50-47-23-20-17-14-11-8-5-2/h7-12,16-21,25-26,28-29,31-32,34-35,47-48,50,52,70H,4-6,13-15,22-24,27,30,33,36-46,49,51,53-69H2,1-3H3/b10-7-,11-8-,12-9-,19-16-,20-17-,21-18-,26-25-,29-28-,32-31-,35-34-,50-47-,52-48-. The van der Waals surface area contributed by atoms with Crippen LogP contribution in [0.2, 0.25) is 0 Å². The third kappa shape index (κ3) is 64.0. The quantitative estimate of drug-likeness (QED) is 0.0261. The third-order valence-electron chi connectivity index (χ3n) is 13.3. The van der Waals surface area contributed by atoms with Crippen LogP contribution in [-0.2, 0) is 28.6 Å². The zero-order valence-electron chi connectivity index (χ0n) is 51.1. The SMILES string of the molecule is CC/C=C\C/C=C\C/C=C\C/C=C\C/C=C\C/C=C\CCCCCCCCCCCCCCCCCCC(=O)OCC(COC(=O)CCCCC/C=C\C/C=C\C/C=C\CC)OC(=O)CCCCC/C=C\C/C=C\C/C=C\CC. The first-order valence-corrected chi connectivity index (χ1v) is 32.3. The van der Waals surface area contributed by atoms with Crippen molar-refractivity contribution in [2.24, 2.45) is 0 Å². The average molecular weight is 1090 g/mol. The molecule has 1 unspecified atom stereocenters. The molecule has 79 heavy (non-hydrogen) atoms. The molecule has 0 aromatic carbocycles. The Morgan fingerprint density at radius 3 is 0.722 bits per heavy atom. The highest BCUT2D eigenvalue weighted by Gasteiger charge is 2.19. The predicted molar refractivity (Wildman–Crippen MR) is 343 cm³/mol. The van der Waals surface area contributed by atoms with E-state index < -0.39 is 6.10 Å². The Hall–Kier alpha value is -4.71. The van der Waals surface area contributed by atoms with Gasteiger partial charge in [-0.3, -0.25) is 14.4 Å². The van der Waals surface area contributed by atoms with Gasteiger partial charge in [-0.2, -0.15) is 0 Å². The van der Waals surface area contributed by atoms with Crippen LogP contribution in [0, 0.1) is 0 Å². The first kappa shape index (κ1) is 74.3. The Bertz CT molecular complexity index is 1730. The van der Waals surface area contributed by atoms with Gasteiger partial charge in [0.1, 0.15) is 13.2 Å². The van der Waals surface area contributed by atoms with Crippen LogP contribution in [-0.4, -0.2) is 37.2 Å². The van der Waals surface area contributed by atoms with Crippen molar-refractivity contribution in [1.82, 2.24) is 0 Å². The van der Waals surface area contributed by atoms with E-state index in [4.69, 9.17) is 14.2 Å². The highest BCUT2D eigenvalue weighted by molar-refractivity contribution is 5.71. The smallest absolute Gasteiger partial charge is 0.306 e. The van der Waals surface area contributed by atoms with Gasteiger partial charge in [0, 0.05) is 19.3 Å². The fourth-order valence-electron chi connectivity index (χ4n) is 8.59. The van der Waals surface area contributed by atoms with E-state index in [0.717, 1.165) is 148 Å². The first-order valence-electron chi connectivity index (χ1n) is 32.3. The van der Waals surface area contributed by atoms with Crippen LogP contribution >= 0.6 is 0 Å². The van der Waals surface area contributed by atoms with Crippen LogP contribution in [0.15, 0.2) is 146 Å². The number of carbonyl (C=O) groups excluding carboxylic acids is 3. The second-order valence-corrected chi connectivity index (χ2v) is 20.9. The summed E-state index contributed by atoms with van der Waals surface area (Å²) in [5.41, 5.74) is 0. The molecule has 0 radical (unpaired) electrons. The molecule has 0 aromatic rings. The predicted octanol–water partition coefficient (Wildman–Crippen LogP) is 22.3. The van der Waals surface area contributed by atoms with Crippen molar-refractivity contribution in [3.8, 4) is 0 Å². The summed E-state index contributed by atoms with van der Waals surface area (Å²) < 4.78 is 16.8. The number of ether oxygens (including phenoxy) is 3. The van der Waals surface area contributed by atoms with Crippen molar-refractivity contribution in [2.75, 3.05) is 13.2 Å². The molecule has 1 atom stereocenters. The van der Waals surface area contributed by atoms with Gasteiger partial charge in [-0.1, -0.05) is 269 Å². The first-order chi connectivity index (χ1) is 39.0. The van der Waals surface area contributed by atoms with Gasteiger partial charge in [0.25, 0.3) is 0 Å². The van der Waals surface area contributed by atoms with E-state index in [9.17, 15) is 14.4 Å². The van der Waals surface area contributed by atoms with Gasteiger partial charge < -0.3 is 14.2 Å². The summed E-state index contributed by atoms with van der Waals surface area (Å²) in [6.07, 6.45) is 94.6. The van der Waals surface area contributed by atoms with E-state index in [-0.39, 0.29) is 37.5 Å². The average Bonchev–Trinajstić information content (AvgIpc) is 3.45. The summed E-state index contributed by atoms with van der Waals surface area (Å²) in [5, 5.41) is 0. The molecule has 0 fully saturated rings. The molecule has 0 rings (SSSR count). The molecule has 0 aliphatic heterocycles. The number of hydrogen-bond acceptors (Lipinski definition) is 6. The molecule has 0 heterocycles. The lowest BCUT2D eigenvalue weighted by Gasteiger charge is -2.18. The summed E-state index contributed by atoms with van der Waals surface area (Å²) in [6.45, 7) is 6.24. The molecule has 0 aromatic heterocycles. The lowest BCUT2D eigenvalue weighted by atomic mass is 10.0. The molecule has 0 saturated carbocycles. The molecule has 0 amide bonds. The summed E-state index contributed by atoms with van der Waals surface area (Å²) in [6, 6.07) is 0. The number of esters is 3. The second-order valence-electron chi connectivity index (χ2n) is 20.9. The van der Waals surface area contributed by atoms with Crippen LogP contribution in [0.1, 0.15) is 278 Å². The Balaban J connectivity index is 4.16. The van der Waals surface area contributed by atoms with Gasteiger partial charge in [-0.05, 0) is 135 Å². The zero-order chi connectivity index (χ0) is 57.1. The van der Waals surface area contributed by atoms with Crippen molar-refractivity contribution in [2.45, 2.75) is 284 Å². The maximum absolute atomic E-state index is 12.8. The minimum atomic E-state index is -0.809. The van der Waals surface area contributed by atoms with Gasteiger partial charge in [0.05, 0.1) is 0 Å². The van der Waals surface area contributed by atoms with Crippen LogP contribution in [0.4, 0.5) is 0 Å².